The van der Waals surface area contributed by atoms with Crippen LogP contribution in [0.3, 0.4) is 0 Å². The zero-order chi connectivity index (χ0) is 11.6. The number of benzene rings is 1. The van der Waals surface area contributed by atoms with Gasteiger partial charge in [0, 0.05) is 0 Å². The number of aliphatic hydroxyl groups is 1. The second-order valence-electron chi connectivity index (χ2n) is 3.73. The highest BCUT2D eigenvalue weighted by atomic mass is 16.4. The van der Waals surface area contributed by atoms with Gasteiger partial charge in [-0.3, -0.25) is 4.79 Å². The highest BCUT2D eigenvalue weighted by Crippen LogP contribution is 2.33. The van der Waals surface area contributed by atoms with Crippen LogP contribution in [0.25, 0.3) is 0 Å². The zero-order valence-corrected chi connectivity index (χ0v) is 8.58. The van der Waals surface area contributed by atoms with Crippen molar-refractivity contribution in [3.8, 4) is 0 Å². The minimum Gasteiger partial charge on any atom is -0.480 e. The number of aliphatic carboxylic acids is 1. The standard InChI is InChI=1S/C13H12O3/c14-11-8-4-5-9-13(11,12(15)16)10-6-2-1-3-7-10/h1-9,11,14H,(H,15,16). The molecule has 3 nitrogen and oxygen atoms in total. The van der Waals surface area contributed by atoms with Gasteiger partial charge in [0.05, 0.1) is 6.10 Å². The largest absolute Gasteiger partial charge is 0.480 e. The molecule has 2 rings (SSSR count). The first kappa shape index (κ1) is 10.6. The molecule has 3 heteroatoms. The Morgan fingerprint density at radius 1 is 1.19 bits per heavy atom. The van der Waals surface area contributed by atoms with Crippen LogP contribution in [0.2, 0.25) is 0 Å². The lowest BCUT2D eigenvalue weighted by Gasteiger charge is -2.31. The van der Waals surface area contributed by atoms with E-state index < -0.39 is 17.5 Å². The summed E-state index contributed by atoms with van der Waals surface area (Å²) >= 11 is 0. The van der Waals surface area contributed by atoms with Crippen molar-refractivity contribution < 1.29 is 15.0 Å². The first-order valence-electron chi connectivity index (χ1n) is 5.01. The van der Waals surface area contributed by atoms with E-state index in [2.05, 4.69) is 0 Å². The second kappa shape index (κ2) is 3.94. The van der Waals surface area contributed by atoms with Crippen LogP contribution < -0.4 is 0 Å². The summed E-state index contributed by atoms with van der Waals surface area (Å²) in [5.74, 6) is -1.05. The summed E-state index contributed by atoms with van der Waals surface area (Å²) in [7, 11) is 0. The molecule has 2 atom stereocenters. The van der Waals surface area contributed by atoms with Crippen molar-refractivity contribution in [1.82, 2.24) is 0 Å². The Labute approximate surface area is 93.4 Å². The third-order valence-electron chi connectivity index (χ3n) is 2.84. The number of carboxylic acids is 1. The molecule has 0 bridgehead atoms. The summed E-state index contributed by atoms with van der Waals surface area (Å²) in [5.41, 5.74) is -0.786. The smallest absolute Gasteiger partial charge is 0.321 e. The molecule has 1 aliphatic rings. The lowest BCUT2D eigenvalue weighted by molar-refractivity contribution is -0.144. The Morgan fingerprint density at radius 2 is 1.88 bits per heavy atom. The van der Waals surface area contributed by atoms with Crippen molar-refractivity contribution in [2.24, 2.45) is 0 Å². The van der Waals surface area contributed by atoms with E-state index in [1.54, 1.807) is 36.4 Å². The fourth-order valence-electron chi connectivity index (χ4n) is 1.93. The number of allylic oxidation sites excluding steroid dienone is 2. The van der Waals surface area contributed by atoms with E-state index in [-0.39, 0.29) is 0 Å². The normalized spacial score (nSPS) is 27.9. The highest BCUT2D eigenvalue weighted by molar-refractivity contribution is 5.86. The Hall–Kier alpha value is -1.87. The first-order chi connectivity index (χ1) is 7.68. The van der Waals surface area contributed by atoms with Crippen LogP contribution in [0, 0.1) is 0 Å². The molecule has 2 N–H and O–H groups in total. The summed E-state index contributed by atoms with van der Waals surface area (Å²) in [6.45, 7) is 0. The summed E-state index contributed by atoms with van der Waals surface area (Å²) in [5, 5.41) is 19.3. The minimum atomic E-state index is -1.37. The molecule has 0 aromatic heterocycles. The Balaban J connectivity index is 2.57. The van der Waals surface area contributed by atoms with Crippen LogP contribution in [0.1, 0.15) is 5.56 Å². The average Bonchev–Trinajstić information content (AvgIpc) is 2.30. The summed E-state index contributed by atoms with van der Waals surface area (Å²) in [6.07, 6.45) is 5.26. The van der Waals surface area contributed by atoms with E-state index >= 15 is 0 Å². The van der Waals surface area contributed by atoms with Crippen molar-refractivity contribution in [2.75, 3.05) is 0 Å². The molecule has 0 saturated heterocycles. The third-order valence-corrected chi connectivity index (χ3v) is 2.84. The second-order valence-corrected chi connectivity index (χ2v) is 3.73. The predicted octanol–water partition coefficient (Wildman–Crippen LogP) is 1.50. The fraction of sp³-hybridized carbons (Fsp3) is 0.154. The maximum Gasteiger partial charge on any atom is 0.321 e. The van der Waals surface area contributed by atoms with Crippen LogP contribution in [0.5, 0.6) is 0 Å². The monoisotopic (exact) mass is 216 g/mol. The molecule has 0 radical (unpaired) electrons. The SMILES string of the molecule is O=C(O)C1(c2ccccc2)C=CC=CC1O. The highest BCUT2D eigenvalue weighted by Gasteiger charge is 2.44. The zero-order valence-electron chi connectivity index (χ0n) is 8.58. The van der Waals surface area contributed by atoms with Gasteiger partial charge in [0.25, 0.3) is 0 Å². The van der Waals surface area contributed by atoms with E-state index in [1.165, 1.54) is 12.2 Å². The van der Waals surface area contributed by atoms with Crippen LogP contribution in [0.4, 0.5) is 0 Å². The van der Waals surface area contributed by atoms with Gasteiger partial charge in [-0.05, 0) is 5.56 Å². The molecular formula is C13H12O3. The Morgan fingerprint density at radius 3 is 2.44 bits per heavy atom. The van der Waals surface area contributed by atoms with Crippen molar-refractivity contribution in [3.63, 3.8) is 0 Å². The number of carboxylic acid groups (broad SMARTS) is 1. The fourth-order valence-corrected chi connectivity index (χ4v) is 1.93. The number of aliphatic hydroxyl groups excluding tert-OH is 1. The van der Waals surface area contributed by atoms with Gasteiger partial charge in [0.1, 0.15) is 5.41 Å². The molecule has 1 aromatic rings. The molecule has 82 valence electrons. The van der Waals surface area contributed by atoms with Gasteiger partial charge in [-0.2, -0.15) is 0 Å². The van der Waals surface area contributed by atoms with Crippen LogP contribution in [-0.4, -0.2) is 22.3 Å². The van der Waals surface area contributed by atoms with E-state index in [0.29, 0.717) is 5.56 Å². The van der Waals surface area contributed by atoms with Gasteiger partial charge < -0.3 is 10.2 Å². The van der Waals surface area contributed by atoms with Gasteiger partial charge in [-0.1, -0.05) is 54.6 Å². The van der Waals surface area contributed by atoms with Crippen molar-refractivity contribution in [1.29, 1.82) is 0 Å². The number of carbonyl (C=O) groups is 1. The van der Waals surface area contributed by atoms with Gasteiger partial charge in [0.2, 0.25) is 0 Å². The molecule has 1 aromatic carbocycles. The topological polar surface area (TPSA) is 57.5 Å². The molecule has 1 aliphatic carbocycles. The molecule has 0 amide bonds. The molecular weight excluding hydrogens is 204 g/mol. The molecule has 0 heterocycles. The maximum absolute atomic E-state index is 11.4. The van der Waals surface area contributed by atoms with Gasteiger partial charge in [-0.15, -0.1) is 0 Å². The predicted molar refractivity (Wildman–Crippen MR) is 60.0 cm³/mol. The minimum absolute atomic E-state index is 0.579. The summed E-state index contributed by atoms with van der Waals surface area (Å²) in [4.78, 5) is 11.4. The lowest BCUT2D eigenvalue weighted by Crippen LogP contribution is -2.45. The average molecular weight is 216 g/mol. The summed E-state index contributed by atoms with van der Waals surface area (Å²) in [6, 6.07) is 8.76. The molecule has 0 aliphatic heterocycles. The van der Waals surface area contributed by atoms with Crippen LogP contribution in [-0.2, 0) is 10.2 Å². The molecule has 0 saturated carbocycles. The quantitative estimate of drug-likeness (QED) is 0.787. The van der Waals surface area contributed by atoms with Gasteiger partial charge in [0.15, 0.2) is 0 Å². The van der Waals surface area contributed by atoms with Gasteiger partial charge in [-0.25, -0.2) is 0 Å². The van der Waals surface area contributed by atoms with Crippen molar-refractivity contribution in [3.05, 3.63) is 60.2 Å². The maximum atomic E-state index is 11.4. The van der Waals surface area contributed by atoms with E-state index in [0.717, 1.165) is 0 Å². The number of hydrogen-bond acceptors (Lipinski definition) is 2. The Kier molecular flexibility index (Phi) is 2.62. The number of hydrogen-bond donors (Lipinski definition) is 2. The molecule has 2 unspecified atom stereocenters. The van der Waals surface area contributed by atoms with E-state index in [9.17, 15) is 15.0 Å². The third kappa shape index (κ3) is 1.46. The van der Waals surface area contributed by atoms with Crippen molar-refractivity contribution >= 4 is 5.97 Å². The van der Waals surface area contributed by atoms with Crippen LogP contribution in [0.15, 0.2) is 54.6 Å². The molecule has 16 heavy (non-hydrogen) atoms. The van der Waals surface area contributed by atoms with Gasteiger partial charge >= 0.3 is 5.97 Å². The van der Waals surface area contributed by atoms with Crippen molar-refractivity contribution in [2.45, 2.75) is 11.5 Å². The van der Waals surface area contributed by atoms with E-state index in [4.69, 9.17) is 0 Å². The molecule has 0 spiro atoms. The lowest BCUT2D eigenvalue weighted by atomic mass is 9.73. The first-order valence-corrected chi connectivity index (χ1v) is 5.01. The van der Waals surface area contributed by atoms with E-state index in [1.807, 2.05) is 6.07 Å². The number of rotatable bonds is 2. The van der Waals surface area contributed by atoms with Crippen LogP contribution >= 0.6 is 0 Å². The summed E-state index contributed by atoms with van der Waals surface area (Å²) < 4.78 is 0. The Bertz CT molecular complexity index is 448. The molecule has 0 fully saturated rings.